The molecule has 0 fully saturated rings. The highest BCUT2D eigenvalue weighted by atomic mass is 32.2. The number of carboxylic acid groups (broad SMARTS) is 1. The fourth-order valence-electron chi connectivity index (χ4n) is 1.42. The van der Waals surface area contributed by atoms with Gasteiger partial charge in [-0.15, -0.1) is 10.2 Å². The molecule has 1 aromatic rings. The third-order valence-electron chi connectivity index (χ3n) is 2.21. The zero-order valence-corrected chi connectivity index (χ0v) is 11.4. The Balaban J connectivity index is 2.87. The lowest BCUT2D eigenvalue weighted by molar-refractivity contribution is -0.133. The van der Waals surface area contributed by atoms with Crippen molar-refractivity contribution in [2.45, 2.75) is 24.5 Å². The zero-order valence-electron chi connectivity index (χ0n) is 9.79. The molecule has 0 aliphatic rings. The van der Waals surface area contributed by atoms with Crippen molar-refractivity contribution in [3.8, 4) is 0 Å². The van der Waals surface area contributed by atoms with Gasteiger partial charge in [-0.05, 0) is 12.7 Å². The molecule has 96 valence electrons. The summed E-state index contributed by atoms with van der Waals surface area (Å²) in [7, 11) is 0. The number of nitrogen functional groups attached to an aromatic ring is 1. The van der Waals surface area contributed by atoms with Crippen LogP contribution in [0.15, 0.2) is 5.16 Å². The minimum absolute atomic E-state index is 0.0339. The van der Waals surface area contributed by atoms with Crippen molar-refractivity contribution in [3.63, 3.8) is 0 Å². The van der Waals surface area contributed by atoms with Crippen LogP contribution in [0.3, 0.4) is 0 Å². The lowest BCUT2D eigenvalue weighted by Crippen LogP contribution is -2.15. The molecule has 1 atom stereocenters. The van der Waals surface area contributed by atoms with Crippen molar-refractivity contribution in [3.05, 3.63) is 0 Å². The van der Waals surface area contributed by atoms with E-state index in [1.54, 1.807) is 11.8 Å². The van der Waals surface area contributed by atoms with Gasteiger partial charge in [-0.1, -0.05) is 18.7 Å². The maximum Gasteiger partial charge on any atom is 0.313 e. The van der Waals surface area contributed by atoms with Gasteiger partial charge in [0.2, 0.25) is 5.95 Å². The Labute approximate surface area is 108 Å². The Bertz CT molecular complexity index is 383. The number of thioether (sulfide) groups is 2. The van der Waals surface area contributed by atoms with Crippen molar-refractivity contribution < 1.29 is 9.90 Å². The van der Waals surface area contributed by atoms with Crippen molar-refractivity contribution in [1.29, 1.82) is 0 Å². The van der Waals surface area contributed by atoms with Crippen molar-refractivity contribution in [2.75, 3.05) is 23.5 Å². The van der Waals surface area contributed by atoms with Crippen molar-refractivity contribution in [1.82, 2.24) is 14.8 Å². The highest BCUT2D eigenvalue weighted by molar-refractivity contribution is 7.99. The van der Waals surface area contributed by atoms with E-state index in [0.717, 1.165) is 23.9 Å². The Kier molecular flexibility index (Phi) is 5.63. The monoisotopic (exact) mass is 276 g/mol. The smallest absolute Gasteiger partial charge is 0.313 e. The number of carbonyl (C=O) groups is 1. The molecule has 0 aliphatic carbocycles. The molecule has 1 heterocycles. The van der Waals surface area contributed by atoms with Crippen molar-refractivity contribution >= 4 is 35.4 Å². The lowest BCUT2D eigenvalue weighted by Gasteiger charge is -2.17. The first-order chi connectivity index (χ1) is 8.10. The lowest BCUT2D eigenvalue weighted by atomic mass is 10.2. The van der Waals surface area contributed by atoms with Crippen LogP contribution in [0, 0.1) is 0 Å². The van der Waals surface area contributed by atoms with E-state index >= 15 is 0 Å². The molecule has 8 heteroatoms. The van der Waals surface area contributed by atoms with Crippen LogP contribution in [-0.4, -0.2) is 43.6 Å². The number of carboxylic acids is 1. The molecule has 0 spiro atoms. The summed E-state index contributed by atoms with van der Waals surface area (Å²) in [5.41, 5.74) is 5.77. The largest absolute Gasteiger partial charge is 0.481 e. The summed E-state index contributed by atoms with van der Waals surface area (Å²) in [4.78, 5) is 10.5. The highest BCUT2D eigenvalue weighted by Gasteiger charge is 2.18. The predicted molar refractivity (Wildman–Crippen MR) is 70.5 cm³/mol. The number of nitrogens with two attached hydrogens (primary N) is 1. The molecule has 0 saturated heterocycles. The summed E-state index contributed by atoms with van der Waals surface area (Å²) >= 11 is 2.86. The summed E-state index contributed by atoms with van der Waals surface area (Å²) < 4.78 is 1.82. The van der Waals surface area contributed by atoms with Crippen LogP contribution in [0.2, 0.25) is 0 Å². The van der Waals surface area contributed by atoms with E-state index in [9.17, 15) is 4.79 Å². The van der Waals surface area contributed by atoms with Gasteiger partial charge in [0.05, 0.1) is 5.75 Å². The van der Waals surface area contributed by atoms with E-state index < -0.39 is 5.97 Å². The molecule has 1 rings (SSSR count). The first kappa shape index (κ1) is 14.2. The van der Waals surface area contributed by atoms with Gasteiger partial charge >= 0.3 is 5.97 Å². The second-order valence-electron chi connectivity index (χ2n) is 3.41. The summed E-state index contributed by atoms with van der Waals surface area (Å²) in [5.74, 6) is 0.340. The second-order valence-corrected chi connectivity index (χ2v) is 5.26. The Hall–Kier alpha value is -0.890. The Morgan fingerprint density at radius 2 is 2.29 bits per heavy atom. The third kappa shape index (κ3) is 3.81. The quantitative estimate of drug-likeness (QED) is 0.726. The standard InChI is InChI=1S/C9H16N4O2S2/c1-3-6(4-16-2)13-8(10)11-12-9(13)17-5-7(14)15/h6H,3-5H2,1-2H3,(H2,10,11)(H,14,15). The van der Waals surface area contributed by atoms with Crippen LogP contribution in [-0.2, 0) is 4.79 Å². The highest BCUT2D eigenvalue weighted by Crippen LogP contribution is 2.26. The third-order valence-corrected chi connectivity index (χ3v) is 3.86. The van der Waals surface area contributed by atoms with Gasteiger partial charge in [0.15, 0.2) is 5.16 Å². The summed E-state index contributed by atoms with van der Waals surface area (Å²) in [6.07, 6.45) is 2.93. The molecule has 0 aromatic carbocycles. The molecule has 3 N–H and O–H groups in total. The van der Waals surface area contributed by atoms with E-state index in [1.165, 1.54) is 0 Å². The first-order valence-corrected chi connectivity index (χ1v) is 7.52. The SMILES string of the molecule is CCC(CSC)n1c(N)nnc1SCC(=O)O. The number of hydrogen-bond acceptors (Lipinski definition) is 6. The zero-order chi connectivity index (χ0) is 12.8. The predicted octanol–water partition coefficient (Wildman–Crippen LogP) is 1.35. The average Bonchev–Trinajstić information content (AvgIpc) is 2.65. The molecule has 1 unspecified atom stereocenters. The molecule has 0 amide bonds. The Morgan fingerprint density at radius 1 is 1.59 bits per heavy atom. The van der Waals surface area contributed by atoms with Crippen molar-refractivity contribution in [2.24, 2.45) is 0 Å². The van der Waals surface area contributed by atoms with Crippen LogP contribution >= 0.6 is 23.5 Å². The van der Waals surface area contributed by atoms with Gasteiger partial charge < -0.3 is 10.8 Å². The Morgan fingerprint density at radius 3 is 2.82 bits per heavy atom. The number of hydrogen-bond donors (Lipinski definition) is 2. The molecule has 0 radical (unpaired) electrons. The minimum Gasteiger partial charge on any atom is -0.481 e. The number of rotatable bonds is 7. The minimum atomic E-state index is -0.874. The number of anilines is 1. The van der Waals surface area contributed by atoms with Gasteiger partial charge in [0.1, 0.15) is 0 Å². The number of nitrogens with zero attached hydrogens (tertiary/aromatic N) is 3. The molecule has 6 nitrogen and oxygen atoms in total. The maximum absolute atomic E-state index is 10.5. The molecular formula is C9H16N4O2S2. The van der Waals surface area contributed by atoms with E-state index in [2.05, 4.69) is 17.1 Å². The summed E-state index contributed by atoms with van der Waals surface area (Å²) in [5, 5.41) is 17.0. The van der Waals surface area contributed by atoms with E-state index in [0.29, 0.717) is 11.1 Å². The molecule has 0 aliphatic heterocycles. The van der Waals surface area contributed by atoms with Crippen LogP contribution in [0.4, 0.5) is 5.95 Å². The molecular weight excluding hydrogens is 260 g/mol. The van der Waals surface area contributed by atoms with Gasteiger partial charge in [-0.25, -0.2) is 0 Å². The van der Waals surface area contributed by atoms with Gasteiger partial charge in [0.25, 0.3) is 0 Å². The van der Waals surface area contributed by atoms with Crippen LogP contribution < -0.4 is 5.73 Å². The molecule has 0 saturated carbocycles. The topological polar surface area (TPSA) is 94.0 Å². The summed E-state index contributed by atoms with van der Waals surface area (Å²) in [6.45, 7) is 2.06. The molecule has 17 heavy (non-hydrogen) atoms. The maximum atomic E-state index is 10.5. The van der Waals surface area contributed by atoms with Gasteiger partial charge in [-0.3, -0.25) is 9.36 Å². The molecule has 1 aromatic heterocycles. The second kappa shape index (κ2) is 6.75. The van der Waals surface area contributed by atoms with Gasteiger partial charge in [0, 0.05) is 11.8 Å². The molecule has 0 bridgehead atoms. The van der Waals surface area contributed by atoms with Gasteiger partial charge in [-0.2, -0.15) is 11.8 Å². The van der Waals surface area contributed by atoms with Crippen LogP contribution in [0.5, 0.6) is 0 Å². The van der Waals surface area contributed by atoms with Crippen LogP contribution in [0.25, 0.3) is 0 Å². The number of aliphatic carboxylic acids is 1. The number of aromatic nitrogens is 3. The fourth-order valence-corrected chi connectivity index (χ4v) is 2.93. The van der Waals surface area contributed by atoms with E-state index in [1.807, 2.05) is 10.8 Å². The average molecular weight is 276 g/mol. The van der Waals surface area contributed by atoms with E-state index in [-0.39, 0.29) is 11.8 Å². The van der Waals surface area contributed by atoms with E-state index in [4.69, 9.17) is 10.8 Å². The normalized spacial score (nSPS) is 12.6. The fraction of sp³-hybridized carbons (Fsp3) is 0.667. The first-order valence-electron chi connectivity index (χ1n) is 5.14. The summed E-state index contributed by atoms with van der Waals surface area (Å²) in [6, 6.07) is 0.205. The van der Waals surface area contributed by atoms with Crippen LogP contribution in [0.1, 0.15) is 19.4 Å².